The molecule has 0 aliphatic heterocycles. The van der Waals surface area contributed by atoms with Gasteiger partial charge in [0, 0.05) is 19.2 Å². The molecule has 5 nitrogen and oxygen atoms in total. The minimum absolute atomic E-state index is 0. The zero-order valence-corrected chi connectivity index (χ0v) is 15.2. The van der Waals surface area contributed by atoms with Crippen molar-refractivity contribution in [2.75, 3.05) is 12.8 Å². The van der Waals surface area contributed by atoms with Crippen LogP contribution in [0.5, 0.6) is 0 Å². The van der Waals surface area contributed by atoms with Crippen molar-refractivity contribution >= 4 is 28.2 Å². The van der Waals surface area contributed by atoms with Crippen molar-refractivity contribution in [3.05, 3.63) is 35.4 Å². The highest BCUT2D eigenvalue weighted by Crippen LogP contribution is 2.09. The van der Waals surface area contributed by atoms with Crippen LogP contribution in [0.15, 0.2) is 24.3 Å². The van der Waals surface area contributed by atoms with Crippen molar-refractivity contribution in [3.63, 3.8) is 0 Å². The average molecular weight is 363 g/mol. The summed E-state index contributed by atoms with van der Waals surface area (Å²) in [5, 5.41) is 2.87. The Bertz CT molecular complexity index is 576. The standard InChI is InChI=1S/C16H26N2O3S.ClH/c1-22(20,21)13-15-8-6-7-14(11-15)12-18-16(19)9-4-2-3-5-10-17;/h6-8,11H,2-5,9-10,12-13,17H2,1H3,(H,18,19);1H. The molecule has 23 heavy (non-hydrogen) atoms. The van der Waals surface area contributed by atoms with Crippen LogP contribution in [0.1, 0.15) is 43.2 Å². The number of sulfone groups is 1. The number of hydrogen-bond donors (Lipinski definition) is 2. The second-order valence-electron chi connectivity index (χ2n) is 5.62. The van der Waals surface area contributed by atoms with E-state index in [9.17, 15) is 13.2 Å². The molecule has 0 heterocycles. The summed E-state index contributed by atoms with van der Waals surface area (Å²) in [6, 6.07) is 7.30. The highest BCUT2D eigenvalue weighted by molar-refractivity contribution is 7.89. The number of unbranched alkanes of at least 4 members (excludes halogenated alkanes) is 3. The maximum absolute atomic E-state index is 11.7. The molecular weight excluding hydrogens is 336 g/mol. The van der Waals surface area contributed by atoms with Gasteiger partial charge in [0.25, 0.3) is 0 Å². The first-order valence-corrected chi connectivity index (χ1v) is 9.69. The van der Waals surface area contributed by atoms with E-state index in [0.29, 0.717) is 19.5 Å². The molecule has 1 amide bonds. The summed E-state index contributed by atoms with van der Waals surface area (Å²) in [5.41, 5.74) is 7.08. The zero-order chi connectivity index (χ0) is 16.4. The van der Waals surface area contributed by atoms with E-state index in [2.05, 4.69) is 5.32 Å². The summed E-state index contributed by atoms with van der Waals surface area (Å²) in [6.45, 7) is 1.13. The molecule has 0 fully saturated rings. The number of amides is 1. The third-order valence-electron chi connectivity index (χ3n) is 3.27. The third kappa shape index (κ3) is 11.1. The fourth-order valence-electron chi connectivity index (χ4n) is 2.20. The van der Waals surface area contributed by atoms with Crippen LogP contribution in [0.3, 0.4) is 0 Å². The maximum atomic E-state index is 11.7. The topological polar surface area (TPSA) is 89.3 Å². The van der Waals surface area contributed by atoms with Crippen LogP contribution >= 0.6 is 12.4 Å². The fourth-order valence-corrected chi connectivity index (χ4v) is 2.99. The first-order valence-electron chi connectivity index (χ1n) is 7.63. The van der Waals surface area contributed by atoms with Gasteiger partial charge in [-0.15, -0.1) is 12.4 Å². The van der Waals surface area contributed by atoms with Gasteiger partial charge in [0.1, 0.15) is 0 Å². The van der Waals surface area contributed by atoms with Gasteiger partial charge in [0.2, 0.25) is 5.91 Å². The summed E-state index contributed by atoms with van der Waals surface area (Å²) in [4.78, 5) is 11.7. The summed E-state index contributed by atoms with van der Waals surface area (Å²) >= 11 is 0. The van der Waals surface area contributed by atoms with Gasteiger partial charge < -0.3 is 11.1 Å². The van der Waals surface area contributed by atoms with E-state index < -0.39 is 9.84 Å². The second kappa shape index (κ2) is 11.4. The molecule has 1 aromatic carbocycles. The van der Waals surface area contributed by atoms with E-state index in [0.717, 1.165) is 36.8 Å². The van der Waals surface area contributed by atoms with E-state index >= 15 is 0 Å². The van der Waals surface area contributed by atoms with Crippen LogP contribution in [0.2, 0.25) is 0 Å². The lowest BCUT2D eigenvalue weighted by Crippen LogP contribution is -2.22. The molecule has 0 atom stereocenters. The first kappa shape index (κ1) is 21.9. The largest absolute Gasteiger partial charge is 0.352 e. The lowest BCUT2D eigenvalue weighted by molar-refractivity contribution is -0.121. The Kier molecular flexibility index (Phi) is 10.9. The van der Waals surface area contributed by atoms with Crippen molar-refractivity contribution in [1.29, 1.82) is 0 Å². The molecule has 1 rings (SSSR count). The Hall–Kier alpha value is -1.11. The van der Waals surface area contributed by atoms with Crippen molar-refractivity contribution in [2.45, 2.75) is 44.4 Å². The molecule has 0 saturated carbocycles. The maximum Gasteiger partial charge on any atom is 0.220 e. The molecule has 0 aromatic heterocycles. The smallest absolute Gasteiger partial charge is 0.220 e. The molecule has 0 bridgehead atoms. The summed E-state index contributed by atoms with van der Waals surface area (Å²) < 4.78 is 22.6. The number of rotatable bonds is 10. The van der Waals surface area contributed by atoms with Crippen molar-refractivity contribution in [2.24, 2.45) is 5.73 Å². The molecular formula is C16H27ClN2O3S. The minimum Gasteiger partial charge on any atom is -0.352 e. The van der Waals surface area contributed by atoms with Crippen molar-refractivity contribution in [1.82, 2.24) is 5.32 Å². The molecule has 0 radical (unpaired) electrons. The highest BCUT2D eigenvalue weighted by Gasteiger charge is 2.06. The Morgan fingerprint density at radius 3 is 2.43 bits per heavy atom. The molecule has 0 unspecified atom stereocenters. The summed E-state index contributed by atoms with van der Waals surface area (Å²) in [6.07, 6.45) is 5.71. The van der Waals surface area contributed by atoms with Crippen LogP contribution in [0.4, 0.5) is 0 Å². The number of hydrogen-bond acceptors (Lipinski definition) is 4. The van der Waals surface area contributed by atoms with E-state index in [1.54, 1.807) is 6.07 Å². The Labute approximate surface area is 145 Å². The van der Waals surface area contributed by atoms with Crippen LogP contribution in [-0.2, 0) is 26.9 Å². The number of carbonyl (C=O) groups excluding carboxylic acids is 1. The molecule has 0 saturated heterocycles. The second-order valence-corrected chi connectivity index (χ2v) is 7.76. The fraction of sp³-hybridized carbons (Fsp3) is 0.562. The number of halogens is 1. The summed E-state index contributed by atoms with van der Waals surface area (Å²) in [7, 11) is -3.04. The van der Waals surface area contributed by atoms with Gasteiger partial charge in [0.05, 0.1) is 5.75 Å². The quantitative estimate of drug-likeness (QED) is 0.624. The van der Waals surface area contributed by atoms with Gasteiger partial charge in [-0.2, -0.15) is 0 Å². The molecule has 7 heteroatoms. The van der Waals surface area contributed by atoms with Crippen LogP contribution in [-0.4, -0.2) is 27.1 Å². The normalized spacial score (nSPS) is 10.9. The van der Waals surface area contributed by atoms with Crippen LogP contribution in [0, 0.1) is 0 Å². The van der Waals surface area contributed by atoms with Gasteiger partial charge in [-0.3, -0.25) is 4.79 Å². The Morgan fingerprint density at radius 2 is 1.78 bits per heavy atom. The van der Waals surface area contributed by atoms with E-state index in [1.165, 1.54) is 6.26 Å². The predicted octanol–water partition coefficient (Wildman–Crippen LogP) is 2.18. The average Bonchev–Trinajstić information content (AvgIpc) is 2.43. The molecule has 3 N–H and O–H groups in total. The minimum atomic E-state index is -3.04. The van der Waals surface area contributed by atoms with Gasteiger partial charge >= 0.3 is 0 Å². The molecule has 0 aliphatic carbocycles. The molecule has 0 spiro atoms. The Balaban J connectivity index is 0.00000484. The van der Waals surface area contributed by atoms with Crippen LogP contribution < -0.4 is 11.1 Å². The van der Waals surface area contributed by atoms with Crippen molar-refractivity contribution in [3.8, 4) is 0 Å². The van der Waals surface area contributed by atoms with E-state index in [1.807, 2.05) is 18.2 Å². The van der Waals surface area contributed by atoms with Crippen molar-refractivity contribution < 1.29 is 13.2 Å². The first-order chi connectivity index (χ1) is 10.4. The molecule has 1 aromatic rings. The third-order valence-corrected chi connectivity index (χ3v) is 4.13. The number of nitrogens with two attached hydrogens (primary N) is 1. The Morgan fingerprint density at radius 1 is 1.13 bits per heavy atom. The van der Waals surface area contributed by atoms with Crippen LogP contribution in [0.25, 0.3) is 0 Å². The van der Waals surface area contributed by atoms with Gasteiger partial charge in [-0.1, -0.05) is 37.1 Å². The van der Waals surface area contributed by atoms with E-state index in [-0.39, 0.29) is 24.1 Å². The SMILES string of the molecule is CS(=O)(=O)Cc1cccc(CNC(=O)CCCCCCN)c1.Cl. The number of carbonyl (C=O) groups is 1. The summed E-state index contributed by atoms with van der Waals surface area (Å²) in [5.74, 6) is 0.0527. The zero-order valence-electron chi connectivity index (χ0n) is 13.6. The lowest BCUT2D eigenvalue weighted by Gasteiger charge is -2.07. The van der Waals surface area contributed by atoms with Gasteiger partial charge in [-0.05, 0) is 30.5 Å². The van der Waals surface area contributed by atoms with E-state index in [4.69, 9.17) is 5.73 Å². The lowest BCUT2D eigenvalue weighted by atomic mass is 10.1. The highest BCUT2D eigenvalue weighted by atomic mass is 35.5. The molecule has 0 aliphatic rings. The predicted molar refractivity (Wildman–Crippen MR) is 96.2 cm³/mol. The molecule has 132 valence electrons. The van der Waals surface area contributed by atoms with Gasteiger partial charge in [-0.25, -0.2) is 8.42 Å². The monoisotopic (exact) mass is 362 g/mol. The number of nitrogens with one attached hydrogen (secondary N) is 1. The van der Waals surface area contributed by atoms with Gasteiger partial charge in [0.15, 0.2) is 9.84 Å². The number of benzene rings is 1.